The van der Waals surface area contributed by atoms with Crippen LogP contribution in [-0.2, 0) is 0 Å². The Morgan fingerprint density at radius 2 is 0.644 bits per heavy atom. The second-order valence-electron chi connectivity index (χ2n) is 25.0. The van der Waals surface area contributed by atoms with E-state index in [-0.39, 0.29) is 0 Å². The van der Waals surface area contributed by atoms with Crippen LogP contribution in [-0.4, -0.2) is 24.9 Å². The van der Waals surface area contributed by atoms with Gasteiger partial charge in [0.05, 0.1) is 16.6 Å². The molecule has 490 valence electrons. The van der Waals surface area contributed by atoms with Crippen LogP contribution in [0, 0.1) is 0 Å². The zero-order chi connectivity index (χ0) is 68.5. The third kappa shape index (κ3) is 23.8. The molecule has 0 aliphatic heterocycles. The van der Waals surface area contributed by atoms with Crippen LogP contribution in [0.25, 0.3) is 54.3 Å². The molecule has 0 N–H and O–H groups in total. The molecule has 0 radical (unpaired) electrons. The first-order valence-electron chi connectivity index (χ1n) is 34.9. The molecule has 5 aromatic heterocycles. The van der Waals surface area contributed by atoms with Gasteiger partial charge in [-0.3, -0.25) is 24.9 Å². The summed E-state index contributed by atoms with van der Waals surface area (Å²) < 4.78 is 0. The van der Waals surface area contributed by atoms with Gasteiger partial charge in [0, 0.05) is 69.8 Å². The molecular formula is C85H125N5. The van der Waals surface area contributed by atoms with Crippen molar-refractivity contribution in [2.45, 2.75) is 267 Å². The first-order valence-corrected chi connectivity index (χ1v) is 34.9. The standard InChI is InChI=1S/5C15H19N.5C2H6/c1-10(2)12-7-13-9-16-6-5-14(13)15(8-12)11(3)4;1-10(2)13-7-12-5-6-16-9-15(12)14(8-13)11(3)4;1-10(2)12-8-14(11(3)4)13-6-5-7-16-15(13)9-12;1-10(2)13-8-12-6-5-7-16-15(12)14(9-13)11(3)4;1-10(2)13-9-15(11(3)4)16-14-8-6-5-7-12(13)14;5*1-2/h5*5-11H,1-4H3;5*1-2H3. The van der Waals surface area contributed by atoms with Crippen molar-refractivity contribution in [3.05, 3.63) is 208 Å². The van der Waals surface area contributed by atoms with Gasteiger partial charge < -0.3 is 0 Å². The van der Waals surface area contributed by atoms with Crippen molar-refractivity contribution in [1.82, 2.24) is 24.9 Å². The number of hydrogen-bond acceptors (Lipinski definition) is 5. The molecule has 10 aromatic rings. The predicted molar refractivity (Wildman–Crippen MR) is 406 cm³/mol. The SMILES string of the molecule is CC.CC.CC.CC.CC.CC(C)c1cc(C(C)C)c2ccccc2n1.CC(C)c1cc(C(C)C)c2cccnc2c1.CC(C)c1cc(C(C)C)c2ccncc2c1.CC(C)c1cc(C(C)C)c2cnccc2c1.CC(C)c1cc(C(C)C)c2ncccc2c1. The highest BCUT2D eigenvalue weighted by Gasteiger charge is 2.15. The van der Waals surface area contributed by atoms with E-state index in [0.717, 1.165) is 16.6 Å². The van der Waals surface area contributed by atoms with Crippen LogP contribution in [0.1, 0.15) is 323 Å². The summed E-state index contributed by atoms with van der Waals surface area (Å²) in [6.07, 6.45) is 11.4. The number of pyridine rings is 5. The van der Waals surface area contributed by atoms with Crippen LogP contribution < -0.4 is 0 Å². The lowest BCUT2D eigenvalue weighted by Gasteiger charge is -2.14. The number of aromatic nitrogens is 5. The van der Waals surface area contributed by atoms with E-state index in [4.69, 9.17) is 4.98 Å². The Balaban J connectivity index is 0.000000542. The number of para-hydroxylation sites is 1. The van der Waals surface area contributed by atoms with E-state index in [1.165, 1.54) is 93.5 Å². The summed E-state index contributed by atoms with van der Waals surface area (Å²) in [6, 6.07) is 41.6. The first kappa shape index (κ1) is 81.2. The molecule has 0 saturated heterocycles. The Morgan fingerprint density at radius 1 is 0.256 bits per heavy atom. The molecule has 0 spiro atoms. The maximum Gasteiger partial charge on any atom is 0.0736 e. The molecule has 5 nitrogen and oxygen atoms in total. The lowest BCUT2D eigenvalue weighted by atomic mass is 9.91. The minimum Gasteiger partial charge on any atom is -0.264 e. The van der Waals surface area contributed by atoms with Gasteiger partial charge in [-0.2, -0.15) is 0 Å². The maximum atomic E-state index is 4.72. The molecule has 5 heterocycles. The minimum absolute atomic E-state index is 0.488. The quantitative estimate of drug-likeness (QED) is 0.137. The fraction of sp³-hybridized carbons (Fsp3) is 0.471. The molecule has 0 unspecified atom stereocenters. The van der Waals surface area contributed by atoms with Crippen molar-refractivity contribution < 1.29 is 0 Å². The number of nitrogens with zero attached hydrogens (tertiary/aromatic N) is 5. The molecule has 90 heavy (non-hydrogen) atoms. The molecule has 0 amide bonds. The predicted octanol–water partition coefficient (Wildman–Crippen LogP) is 27.5. The second-order valence-corrected chi connectivity index (χ2v) is 25.0. The van der Waals surface area contributed by atoms with Crippen LogP contribution in [0.2, 0.25) is 0 Å². The van der Waals surface area contributed by atoms with Crippen molar-refractivity contribution in [1.29, 1.82) is 0 Å². The number of rotatable bonds is 10. The number of hydrogen-bond donors (Lipinski definition) is 0. The third-order valence-corrected chi connectivity index (χ3v) is 15.3. The van der Waals surface area contributed by atoms with Crippen LogP contribution >= 0.6 is 0 Å². The summed E-state index contributed by atoms with van der Waals surface area (Å²) in [4.78, 5) is 22.1. The van der Waals surface area contributed by atoms with Gasteiger partial charge in [0.1, 0.15) is 0 Å². The first-order chi connectivity index (χ1) is 43.0. The molecule has 0 atom stereocenters. The zero-order valence-corrected chi connectivity index (χ0v) is 62.4. The molecule has 0 saturated carbocycles. The highest BCUT2D eigenvalue weighted by atomic mass is 14.7. The van der Waals surface area contributed by atoms with Crippen LogP contribution in [0.3, 0.4) is 0 Å². The van der Waals surface area contributed by atoms with E-state index in [0.29, 0.717) is 59.2 Å². The molecule has 5 aromatic carbocycles. The Bertz CT molecular complexity index is 3040. The highest BCUT2D eigenvalue weighted by Crippen LogP contribution is 2.34. The van der Waals surface area contributed by atoms with E-state index in [2.05, 4.69) is 262 Å². The van der Waals surface area contributed by atoms with Gasteiger partial charge in [-0.15, -0.1) is 0 Å². The summed E-state index contributed by atoms with van der Waals surface area (Å²) in [5.41, 5.74) is 17.2. The van der Waals surface area contributed by atoms with Gasteiger partial charge in [-0.25, -0.2) is 0 Å². The fourth-order valence-electron chi connectivity index (χ4n) is 10.2. The molecule has 0 aliphatic carbocycles. The molecule has 10 rings (SSSR count). The Labute approximate surface area is 551 Å². The monoisotopic (exact) mass is 1220 g/mol. The lowest BCUT2D eigenvalue weighted by Crippen LogP contribution is -1.98. The molecule has 5 heteroatoms. The topological polar surface area (TPSA) is 64.5 Å². The third-order valence-electron chi connectivity index (χ3n) is 15.3. The summed E-state index contributed by atoms with van der Waals surface area (Å²) in [5.74, 6) is 5.49. The molecule has 0 fully saturated rings. The maximum absolute atomic E-state index is 4.72. The summed E-state index contributed by atoms with van der Waals surface area (Å²) in [5, 5.41) is 9.06. The number of benzene rings is 5. The smallest absolute Gasteiger partial charge is 0.0736 e. The van der Waals surface area contributed by atoms with Crippen molar-refractivity contribution in [2.24, 2.45) is 0 Å². The largest absolute Gasteiger partial charge is 0.264 e. The second kappa shape index (κ2) is 42.3. The van der Waals surface area contributed by atoms with Gasteiger partial charge in [-0.1, -0.05) is 268 Å². The fourth-order valence-corrected chi connectivity index (χ4v) is 10.2. The normalized spacial score (nSPS) is 10.7. The summed E-state index contributed by atoms with van der Waals surface area (Å²) in [7, 11) is 0. The van der Waals surface area contributed by atoms with E-state index in [1.807, 2.05) is 119 Å². The highest BCUT2D eigenvalue weighted by molar-refractivity contribution is 5.88. The van der Waals surface area contributed by atoms with Gasteiger partial charge >= 0.3 is 0 Å². The van der Waals surface area contributed by atoms with Gasteiger partial charge in [0.2, 0.25) is 0 Å². The van der Waals surface area contributed by atoms with Crippen molar-refractivity contribution in [2.75, 3.05) is 0 Å². The van der Waals surface area contributed by atoms with E-state index in [9.17, 15) is 0 Å². The number of fused-ring (bicyclic) bond motifs is 5. The van der Waals surface area contributed by atoms with Crippen molar-refractivity contribution in [3.8, 4) is 0 Å². The molecule has 0 bridgehead atoms. The van der Waals surface area contributed by atoms with Gasteiger partial charge in [0.15, 0.2) is 0 Å². The summed E-state index contributed by atoms with van der Waals surface area (Å²) in [6.45, 7) is 64.7. The van der Waals surface area contributed by atoms with E-state index >= 15 is 0 Å². The Kier molecular flexibility index (Phi) is 38.1. The van der Waals surface area contributed by atoms with E-state index in [1.54, 1.807) is 0 Å². The van der Waals surface area contributed by atoms with Crippen LogP contribution in [0.5, 0.6) is 0 Å². The zero-order valence-electron chi connectivity index (χ0n) is 62.4. The molecule has 0 aliphatic rings. The Morgan fingerprint density at radius 3 is 1.16 bits per heavy atom. The molecular weight excluding hydrogens is 1090 g/mol. The van der Waals surface area contributed by atoms with Crippen molar-refractivity contribution >= 4 is 54.3 Å². The van der Waals surface area contributed by atoms with Crippen LogP contribution in [0.15, 0.2) is 152 Å². The lowest BCUT2D eigenvalue weighted by molar-refractivity contribution is 0.811. The minimum atomic E-state index is 0.488. The van der Waals surface area contributed by atoms with Gasteiger partial charge in [-0.05, 0) is 175 Å². The van der Waals surface area contributed by atoms with E-state index < -0.39 is 0 Å². The summed E-state index contributed by atoms with van der Waals surface area (Å²) >= 11 is 0. The van der Waals surface area contributed by atoms with Crippen molar-refractivity contribution in [3.63, 3.8) is 0 Å². The van der Waals surface area contributed by atoms with Gasteiger partial charge in [0.25, 0.3) is 0 Å². The van der Waals surface area contributed by atoms with Crippen LogP contribution in [0.4, 0.5) is 0 Å². The average Bonchev–Trinajstić information content (AvgIpc) is 3.41. The Hall–Kier alpha value is -6.85. The average molecular weight is 1220 g/mol.